The van der Waals surface area contributed by atoms with E-state index in [4.69, 9.17) is 0 Å². The second-order valence-corrected chi connectivity index (χ2v) is 3.48. The number of rotatable bonds is 2. The summed E-state index contributed by atoms with van der Waals surface area (Å²) in [7, 11) is 0. The summed E-state index contributed by atoms with van der Waals surface area (Å²) in [6, 6.07) is 3.86. The maximum Gasteiger partial charge on any atom is 0.131 e. The number of nitrogens with zero attached hydrogens (tertiary/aromatic N) is 2. The van der Waals surface area contributed by atoms with Gasteiger partial charge in [-0.3, -0.25) is 0 Å². The average Bonchev–Trinajstić information content (AvgIpc) is 2.49. The van der Waals surface area contributed by atoms with Crippen LogP contribution < -0.4 is 0 Å². The van der Waals surface area contributed by atoms with Gasteiger partial charge in [0, 0.05) is 12.6 Å². The molecule has 66 valence electrons. The zero-order chi connectivity index (χ0) is 9.26. The second kappa shape index (κ2) is 3.30. The molecule has 2 heterocycles. The lowest BCUT2D eigenvalue weighted by atomic mass is 10.2. The molecule has 13 heavy (non-hydrogen) atoms. The number of fused-ring (bicyclic) bond motifs is 1. The largest absolute Gasteiger partial charge is 0.305 e. The minimum atomic E-state index is 0.452. The molecule has 0 saturated heterocycles. The fourth-order valence-corrected chi connectivity index (χ4v) is 1.63. The maximum atomic E-state index is 10.3. The Labute approximate surface area is 83.5 Å². The number of hydrogen-bond acceptors (Lipinski definition) is 2. The van der Waals surface area contributed by atoms with Crippen LogP contribution in [0.15, 0.2) is 29.3 Å². The van der Waals surface area contributed by atoms with Gasteiger partial charge in [-0.15, -0.1) is 0 Å². The van der Waals surface area contributed by atoms with Gasteiger partial charge in [-0.2, -0.15) is 0 Å². The van der Waals surface area contributed by atoms with Gasteiger partial charge in [-0.05, 0) is 33.6 Å². The number of carbonyl (C=O) groups excluding carboxylic acids is 1. The third kappa shape index (κ3) is 1.49. The van der Waals surface area contributed by atoms with E-state index in [1.54, 1.807) is 6.33 Å². The van der Waals surface area contributed by atoms with Crippen molar-refractivity contribution in [3.8, 4) is 0 Å². The topological polar surface area (TPSA) is 34.4 Å². The van der Waals surface area contributed by atoms with E-state index >= 15 is 0 Å². The third-order valence-electron chi connectivity index (χ3n) is 1.88. The molecule has 0 aliphatic carbocycles. The molecule has 0 radical (unpaired) electrons. The van der Waals surface area contributed by atoms with Crippen LogP contribution in [0.25, 0.3) is 5.52 Å². The summed E-state index contributed by atoms with van der Waals surface area (Å²) in [4.78, 5) is 14.4. The Bertz CT molecular complexity index is 450. The molecule has 0 amide bonds. The first kappa shape index (κ1) is 8.44. The van der Waals surface area contributed by atoms with Crippen LogP contribution in [0.1, 0.15) is 5.56 Å². The molecule has 0 spiro atoms. The van der Waals surface area contributed by atoms with Crippen LogP contribution in [-0.4, -0.2) is 15.7 Å². The summed E-state index contributed by atoms with van der Waals surface area (Å²) in [6.45, 7) is 0. The lowest BCUT2D eigenvalue weighted by Gasteiger charge is -1.97. The number of halogens is 1. The molecule has 0 fully saturated rings. The van der Waals surface area contributed by atoms with Gasteiger partial charge in [-0.25, -0.2) is 4.98 Å². The lowest BCUT2D eigenvalue weighted by Crippen LogP contribution is -1.88. The summed E-state index contributed by atoms with van der Waals surface area (Å²) < 4.78 is 2.71. The van der Waals surface area contributed by atoms with Crippen molar-refractivity contribution in [3.05, 3.63) is 34.8 Å². The Kier molecular flexibility index (Phi) is 2.14. The van der Waals surface area contributed by atoms with Crippen molar-refractivity contribution >= 4 is 27.7 Å². The smallest absolute Gasteiger partial charge is 0.131 e. The van der Waals surface area contributed by atoms with Crippen molar-refractivity contribution in [2.24, 2.45) is 0 Å². The van der Waals surface area contributed by atoms with Crippen molar-refractivity contribution in [3.63, 3.8) is 0 Å². The summed E-state index contributed by atoms with van der Waals surface area (Å²) in [5, 5.41) is 0. The van der Waals surface area contributed by atoms with E-state index in [1.807, 2.05) is 22.7 Å². The van der Waals surface area contributed by atoms with Crippen molar-refractivity contribution in [2.45, 2.75) is 6.42 Å². The summed E-state index contributed by atoms with van der Waals surface area (Å²) in [6.07, 6.45) is 4.97. The lowest BCUT2D eigenvalue weighted by molar-refractivity contribution is -0.107. The van der Waals surface area contributed by atoms with Gasteiger partial charge in [0.2, 0.25) is 0 Å². The number of aldehydes is 1. The highest BCUT2D eigenvalue weighted by molar-refractivity contribution is 9.10. The van der Waals surface area contributed by atoms with Crippen LogP contribution in [0.5, 0.6) is 0 Å². The molecule has 0 N–H and O–H groups in total. The van der Waals surface area contributed by atoms with Crippen LogP contribution in [0.3, 0.4) is 0 Å². The molecule has 0 aliphatic rings. The van der Waals surface area contributed by atoms with Crippen molar-refractivity contribution in [1.82, 2.24) is 9.38 Å². The van der Waals surface area contributed by atoms with Gasteiger partial charge < -0.3 is 9.20 Å². The fraction of sp³-hybridized carbons (Fsp3) is 0.111. The normalized spacial score (nSPS) is 10.5. The Morgan fingerprint density at radius 2 is 2.46 bits per heavy atom. The predicted octanol–water partition coefficient (Wildman–Crippen LogP) is 1.84. The minimum absolute atomic E-state index is 0.452. The average molecular weight is 239 g/mol. The first-order valence-corrected chi connectivity index (χ1v) is 4.65. The number of carbonyl (C=O) groups is 1. The van der Waals surface area contributed by atoms with Crippen LogP contribution in [-0.2, 0) is 11.2 Å². The second-order valence-electron chi connectivity index (χ2n) is 2.73. The van der Waals surface area contributed by atoms with E-state index in [-0.39, 0.29) is 0 Å². The van der Waals surface area contributed by atoms with E-state index in [0.29, 0.717) is 6.42 Å². The zero-order valence-corrected chi connectivity index (χ0v) is 8.36. The summed E-state index contributed by atoms with van der Waals surface area (Å²) in [5.41, 5.74) is 1.99. The van der Waals surface area contributed by atoms with Crippen molar-refractivity contribution < 1.29 is 4.79 Å². The number of imidazole rings is 1. The molecule has 0 unspecified atom stereocenters. The number of aromatic nitrogens is 2. The first-order valence-electron chi connectivity index (χ1n) is 3.86. The van der Waals surface area contributed by atoms with Crippen LogP contribution in [0.2, 0.25) is 0 Å². The van der Waals surface area contributed by atoms with Crippen LogP contribution in [0, 0.1) is 0 Å². The molecule has 2 aromatic rings. The van der Waals surface area contributed by atoms with Gasteiger partial charge >= 0.3 is 0 Å². The molecule has 2 aromatic heterocycles. The molecule has 3 nitrogen and oxygen atoms in total. The highest BCUT2D eigenvalue weighted by Gasteiger charge is 2.01. The van der Waals surface area contributed by atoms with E-state index in [9.17, 15) is 4.79 Å². The van der Waals surface area contributed by atoms with E-state index < -0.39 is 0 Å². The molecule has 0 aromatic carbocycles. The quantitative estimate of drug-likeness (QED) is 0.749. The van der Waals surface area contributed by atoms with Gasteiger partial charge in [-0.1, -0.05) is 0 Å². The minimum Gasteiger partial charge on any atom is -0.305 e. The molecule has 0 bridgehead atoms. The Balaban J connectivity index is 2.58. The van der Waals surface area contributed by atoms with Gasteiger partial charge in [0.1, 0.15) is 17.2 Å². The highest BCUT2D eigenvalue weighted by atomic mass is 79.9. The molecule has 0 aliphatic heterocycles. The highest BCUT2D eigenvalue weighted by Crippen LogP contribution is 2.16. The third-order valence-corrected chi connectivity index (χ3v) is 2.49. The van der Waals surface area contributed by atoms with Crippen molar-refractivity contribution in [2.75, 3.05) is 0 Å². The summed E-state index contributed by atoms with van der Waals surface area (Å²) >= 11 is 3.33. The van der Waals surface area contributed by atoms with Gasteiger partial charge in [0.25, 0.3) is 0 Å². The van der Waals surface area contributed by atoms with E-state index in [0.717, 1.165) is 22.0 Å². The fourth-order valence-electron chi connectivity index (χ4n) is 1.22. The Morgan fingerprint density at radius 3 is 3.23 bits per heavy atom. The number of pyridine rings is 1. The van der Waals surface area contributed by atoms with E-state index in [1.165, 1.54) is 0 Å². The number of hydrogen-bond donors (Lipinski definition) is 0. The van der Waals surface area contributed by atoms with Crippen molar-refractivity contribution in [1.29, 1.82) is 0 Å². The Morgan fingerprint density at radius 1 is 1.62 bits per heavy atom. The SMILES string of the molecule is O=CCc1ccn2cnc(Br)c2c1. The van der Waals surface area contributed by atoms with Gasteiger partial charge in [0.15, 0.2) is 0 Å². The first-order chi connectivity index (χ1) is 6.31. The van der Waals surface area contributed by atoms with Gasteiger partial charge in [0.05, 0.1) is 5.52 Å². The predicted molar refractivity (Wildman–Crippen MR) is 52.7 cm³/mol. The summed E-state index contributed by atoms with van der Waals surface area (Å²) in [5.74, 6) is 0. The molecular formula is C9H7BrN2O. The zero-order valence-electron chi connectivity index (χ0n) is 6.77. The molecule has 2 rings (SSSR count). The molecule has 0 atom stereocenters. The molecular weight excluding hydrogens is 232 g/mol. The standard InChI is InChI=1S/C9H7BrN2O/c10-9-8-5-7(2-4-13)1-3-12(8)6-11-9/h1,3-6H,2H2. The van der Waals surface area contributed by atoms with E-state index in [2.05, 4.69) is 20.9 Å². The molecule has 4 heteroatoms. The monoisotopic (exact) mass is 238 g/mol. The molecule has 0 saturated carbocycles. The Hall–Kier alpha value is -1.16. The maximum absolute atomic E-state index is 10.3. The van der Waals surface area contributed by atoms with Crippen LogP contribution >= 0.6 is 15.9 Å². The van der Waals surface area contributed by atoms with Crippen LogP contribution in [0.4, 0.5) is 0 Å².